The molecular formula is C61H94O16. The highest BCUT2D eigenvalue weighted by Crippen LogP contribution is 2.65. The van der Waals surface area contributed by atoms with Gasteiger partial charge in [-0.25, -0.2) is 29.3 Å². The van der Waals surface area contributed by atoms with E-state index in [9.17, 15) is 19.5 Å². The van der Waals surface area contributed by atoms with Crippen molar-refractivity contribution in [1.29, 1.82) is 0 Å². The van der Waals surface area contributed by atoms with E-state index in [0.29, 0.717) is 54.8 Å². The fourth-order valence-electron chi connectivity index (χ4n) is 19.6. The first-order chi connectivity index (χ1) is 36.6. The molecule has 0 aromatic heterocycles. The Labute approximate surface area is 457 Å². The van der Waals surface area contributed by atoms with E-state index < -0.39 is 76.4 Å². The number of hydrogen-bond donors (Lipinski definition) is 1. The first-order valence-corrected chi connectivity index (χ1v) is 30.9. The Morgan fingerprint density at radius 3 is 1.00 bits per heavy atom. The van der Waals surface area contributed by atoms with Crippen LogP contribution in [-0.4, -0.2) is 119 Å². The average molecular weight is 1080 g/mol. The van der Waals surface area contributed by atoms with Crippen LogP contribution in [0, 0.1) is 71.0 Å². The van der Waals surface area contributed by atoms with Gasteiger partial charge in [-0.3, -0.25) is 14.4 Å². The van der Waals surface area contributed by atoms with Crippen LogP contribution in [-0.2, 0) is 72.1 Å². The molecule has 0 aromatic carbocycles. The third-order valence-corrected chi connectivity index (χ3v) is 23.9. The lowest BCUT2D eigenvalue weighted by Gasteiger charge is -2.61. The standard InChI is InChI=1S/C61H94O16/c1-34-10-13-43-37(4)46(69-49-28-55(7)22-16-40(34)59(43,49)75-72-55)19-25-66-52(62)31-58(65,32-53(63)67-26-20-47-38(5)44-14-11-35(2)41-17-23-56(8)29-50(70-47)60(41,44)76-73-56)33-54(64)68-27-21-48-39(6)45-15-12-36(3)42-18-24-57(9)30-51(71-48)61(42,45)77-74-57/h34-51,65H,10-33H2,1-9H3/t34-,35-,36-,37-,38-,39-,40+,41+,42+,43+,44+,45+,46?,47?,48?,49-,50-,51-,55-,56-,57-,58?,59-,60-,61-/m1/s1. The molecule has 0 aromatic rings. The van der Waals surface area contributed by atoms with Crippen LogP contribution in [0.25, 0.3) is 0 Å². The summed E-state index contributed by atoms with van der Waals surface area (Å²) in [4.78, 5) is 79.7. The number of ether oxygens (including phenoxy) is 6. The Morgan fingerprint density at radius 2 is 0.714 bits per heavy atom. The van der Waals surface area contributed by atoms with Gasteiger partial charge in [0.2, 0.25) is 0 Å². The van der Waals surface area contributed by atoms with E-state index in [-0.39, 0.29) is 92.0 Å². The van der Waals surface area contributed by atoms with Gasteiger partial charge < -0.3 is 33.5 Å². The Balaban J connectivity index is 0.688. The van der Waals surface area contributed by atoms with Crippen LogP contribution in [0.2, 0.25) is 0 Å². The number of rotatable bonds is 15. The zero-order chi connectivity index (χ0) is 54.1. The van der Waals surface area contributed by atoms with E-state index in [2.05, 4.69) is 62.3 Å². The second-order valence-corrected chi connectivity index (χ2v) is 28.8. The molecule has 15 rings (SSSR count). The summed E-state index contributed by atoms with van der Waals surface area (Å²) < 4.78 is 38.5. The van der Waals surface area contributed by atoms with E-state index in [0.717, 1.165) is 96.3 Å². The third-order valence-electron chi connectivity index (χ3n) is 23.9. The van der Waals surface area contributed by atoms with Crippen LogP contribution in [0.1, 0.15) is 197 Å². The van der Waals surface area contributed by atoms with Crippen molar-refractivity contribution < 1.29 is 77.2 Å². The van der Waals surface area contributed by atoms with Crippen LogP contribution < -0.4 is 0 Å². The number of carbonyl (C=O) groups is 3. The van der Waals surface area contributed by atoms with Crippen molar-refractivity contribution in [1.82, 2.24) is 0 Å². The quantitative estimate of drug-likeness (QED) is 0.0928. The van der Waals surface area contributed by atoms with Gasteiger partial charge >= 0.3 is 17.9 Å². The van der Waals surface area contributed by atoms with Gasteiger partial charge in [-0.15, -0.1) is 0 Å². The van der Waals surface area contributed by atoms with Gasteiger partial charge in [-0.05, 0) is 169 Å². The van der Waals surface area contributed by atoms with Gasteiger partial charge in [0.25, 0.3) is 0 Å². The number of fused-ring (bicyclic) bond motifs is 6. The van der Waals surface area contributed by atoms with Gasteiger partial charge in [0.1, 0.15) is 33.6 Å². The van der Waals surface area contributed by atoms with Crippen LogP contribution >= 0.6 is 0 Å². The topological polar surface area (TPSA) is 182 Å². The molecule has 6 saturated carbocycles. The Morgan fingerprint density at radius 1 is 0.429 bits per heavy atom. The second kappa shape index (κ2) is 20.4. The molecule has 3 spiro atoms. The SMILES string of the molecule is C[C@@H]1CC[C@H]2[C@@H](C)C(CCOC(=O)CC(O)(CC(=O)OCCC3O[C@@H]4C[C@@]5(C)CC[C@H]6[C@H](C)CC[C@@H]([C@H]3C)[C@@]46OO5)CC(=O)OCCC3O[C@@H]4C[C@@]5(C)CC[C@H]6[C@H](C)CC[C@@H]([C@H]3C)[C@@]46OO5)O[C@@H]3C[C@@]4(C)CC[C@@H]1[C@]32OO4. The maximum atomic E-state index is 13.9. The summed E-state index contributed by atoms with van der Waals surface area (Å²) in [7, 11) is 0. The lowest BCUT2D eigenvalue weighted by molar-refractivity contribution is -0.487. The summed E-state index contributed by atoms with van der Waals surface area (Å²) in [6.45, 7) is 20.2. The molecule has 9 saturated heterocycles. The summed E-state index contributed by atoms with van der Waals surface area (Å²) in [5.41, 5.74) is -4.83. The van der Waals surface area contributed by atoms with Crippen LogP contribution in [0.4, 0.5) is 0 Å². The molecule has 16 heteroatoms. The second-order valence-electron chi connectivity index (χ2n) is 28.8. The first kappa shape index (κ1) is 55.5. The largest absolute Gasteiger partial charge is 0.465 e. The molecule has 0 radical (unpaired) electrons. The average Bonchev–Trinajstić information content (AvgIpc) is 4.14. The summed E-state index contributed by atoms with van der Waals surface area (Å²) in [5, 5.41) is 12.3. The molecule has 434 valence electrons. The fraction of sp³-hybridized carbons (Fsp3) is 0.951. The smallest absolute Gasteiger partial charge is 0.308 e. The molecular weight excluding hydrogens is 989 g/mol. The molecule has 3 unspecified atom stereocenters. The van der Waals surface area contributed by atoms with Gasteiger partial charge in [0, 0.05) is 38.5 Å². The van der Waals surface area contributed by atoms with E-state index in [1.54, 1.807) is 0 Å². The number of esters is 3. The number of aliphatic hydroxyl groups is 1. The van der Waals surface area contributed by atoms with Crippen molar-refractivity contribution in [2.24, 2.45) is 71.0 Å². The zero-order valence-corrected chi connectivity index (χ0v) is 47.9. The highest BCUT2D eigenvalue weighted by Gasteiger charge is 2.71. The van der Waals surface area contributed by atoms with Crippen molar-refractivity contribution in [2.45, 2.75) is 273 Å². The highest BCUT2D eigenvalue weighted by atomic mass is 17.2. The van der Waals surface area contributed by atoms with Gasteiger partial charge in [0.15, 0.2) is 0 Å². The van der Waals surface area contributed by atoms with Crippen molar-refractivity contribution in [3.8, 4) is 0 Å². The van der Waals surface area contributed by atoms with Crippen molar-refractivity contribution in [3.63, 3.8) is 0 Å². The molecule has 77 heavy (non-hydrogen) atoms. The van der Waals surface area contributed by atoms with Crippen molar-refractivity contribution in [2.75, 3.05) is 19.8 Å². The van der Waals surface area contributed by atoms with Crippen LogP contribution in [0.15, 0.2) is 0 Å². The lowest BCUT2D eigenvalue weighted by Crippen LogP contribution is -2.69. The maximum Gasteiger partial charge on any atom is 0.308 e. The Kier molecular flexibility index (Phi) is 14.7. The summed E-state index contributed by atoms with van der Waals surface area (Å²) in [5.74, 6) is 1.55. The molecule has 6 bridgehead atoms. The molecule has 6 aliphatic carbocycles. The molecule has 1 N–H and O–H groups in total. The normalized spacial score (nSPS) is 51.8. The third kappa shape index (κ3) is 9.40. The van der Waals surface area contributed by atoms with E-state index >= 15 is 0 Å². The minimum atomic E-state index is -2.13. The zero-order valence-electron chi connectivity index (χ0n) is 47.9. The van der Waals surface area contributed by atoms with E-state index in [1.165, 1.54) is 0 Å². The van der Waals surface area contributed by atoms with E-state index in [4.69, 9.17) is 57.7 Å². The molecule has 24 atom stereocenters. The van der Waals surface area contributed by atoms with Crippen LogP contribution in [0.3, 0.4) is 0 Å². The Hall–Kier alpha value is -1.99. The monoisotopic (exact) mass is 1080 g/mol. The predicted octanol–water partition coefficient (Wildman–Crippen LogP) is 9.81. The fourth-order valence-corrected chi connectivity index (χ4v) is 19.6. The molecule has 0 amide bonds. The first-order valence-electron chi connectivity index (χ1n) is 30.9. The minimum Gasteiger partial charge on any atom is -0.465 e. The summed E-state index contributed by atoms with van der Waals surface area (Å²) >= 11 is 0. The molecule has 15 aliphatic rings. The number of hydrogen-bond acceptors (Lipinski definition) is 16. The van der Waals surface area contributed by atoms with E-state index in [1.807, 2.05) is 0 Å². The van der Waals surface area contributed by atoms with Gasteiger partial charge in [-0.2, -0.15) is 0 Å². The Bertz CT molecular complexity index is 1980. The highest BCUT2D eigenvalue weighted by molar-refractivity contribution is 5.78. The maximum absolute atomic E-state index is 13.9. The molecule has 15 fully saturated rings. The molecule has 9 aliphatic heterocycles. The molecule has 9 heterocycles. The predicted molar refractivity (Wildman–Crippen MR) is 277 cm³/mol. The minimum absolute atomic E-state index is 0.0529. The summed E-state index contributed by atoms with van der Waals surface area (Å²) in [6.07, 6.45) is 13.3. The lowest BCUT2D eigenvalue weighted by atomic mass is 9.56. The van der Waals surface area contributed by atoms with Crippen molar-refractivity contribution in [3.05, 3.63) is 0 Å². The summed E-state index contributed by atoms with van der Waals surface area (Å²) in [6, 6.07) is 0. The van der Waals surface area contributed by atoms with Crippen molar-refractivity contribution >= 4 is 17.9 Å². The van der Waals surface area contributed by atoms with Gasteiger partial charge in [0.05, 0.1) is 81.3 Å². The molecule has 16 nitrogen and oxygen atoms in total. The van der Waals surface area contributed by atoms with Crippen LogP contribution in [0.5, 0.6) is 0 Å². The van der Waals surface area contributed by atoms with Gasteiger partial charge in [-0.1, -0.05) is 41.5 Å². The number of carbonyl (C=O) groups excluding carboxylic acids is 3.